The van der Waals surface area contributed by atoms with Crippen LogP contribution in [0.1, 0.15) is 29.9 Å². The molecule has 1 aliphatic rings. The number of ether oxygens (including phenoxy) is 2. The number of benzene rings is 1. The molecule has 0 spiro atoms. The zero-order chi connectivity index (χ0) is 24.9. The van der Waals surface area contributed by atoms with Gasteiger partial charge in [-0.2, -0.15) is 5.10 Å². The second-order valence-corrected chi connectivity index (χ2v) is 8.00. The Morgan fingerprint density at radius 1 is 1.23 bits per heavy atom. The summed E-state index contributed by atoms with van der Waals surface area (Å²) in [4.78, 5) is 30.9. The standard InChI is InChI=1S/C24H28N6O5/c1-4-25-23-22(30(32)33)19(28-9-11-34-12-10-28)15-21(26-23)29-20(24(31)35-5-2)14-18(27-29)17-8-6-7-16(3)13-17/h6-8,13-15H,4-5,9-12H2,1-3H3,(H,25,26). The lowest BCUT2D eigenvalue weighted by Crippen LogP contribution is -2.37. The Morgan fingerprint density at radius 2 is 2.00 bits per heavy atom. The van der Waals surface area contributed by atoms with Crippen molar-refractivity contribution in [3.63, 3.8) is 0 Å². The zero-order valence-electron chi connectivity index (χ0n) is 20.0. The number of nitro groups is 1. The molecule has 1 fully saturated rings. The average molecular weight is 481 g/mol. The van der Waals surface area contributed by atoms with Gasteiger partial charge in [0.25, 0.3) is 0 Å². The van der Waals surface area contributed by atoms with Gasteiger partial charge in [0, 0.05) is 31.3 Å². The third kappa shape index (κ3) is 5.09. The van der Waals surface area contributed by atoms with Gasteiger partial charge in [0.15, 0.2) is 11.5 Å². The maximum atomic E-state index is 12.9. The summed E-state index contributed by atoms with van der Waals surface area (Å²) in [7, 11) is 0. The van der Waals surface area contributed by atoms with Crippen LogP contribution >= 0.6 is 0 Å². The Balaban J connectivity index is 1.92. The van der Waals surface area contributed by atoms with E-state index < -0.39 is 10.9 Å². The molecule has 3 heterocycles. The fourth-order valence-corrected chi connectivity index (χ4v) is 3.99. The van der Waals surface area contributed by atoms with Crippen LogP contribution in [0.2, 0.25) is 0 Å². The summed E-state index contributed by atoms with van der Waals surface area (Å²) in [5, 5.41) is 19.7. The molecular formula is C24H28N6O5. The van der Waals surface area contributed by atoms with E-state index in [-0.39, 0.29) is 29.6 Å². The Morgan fingerprint density at radius 3 is 2.66 bits per heavy atom. The molecule has 1 aliphatic heterocycles. The van der Waals surface area contributed by atoms with E-state index >= 15 is 0 Å². The van der Waals surface area contributed by atoms with Crippen LogP contribution in [0.5, 0.6) is 0 Å². The minimum atomic E-state index is -0.558. The number of carbonyl (C=O) groups is 1. The highest BCUT2D eigenvalue weighted by molar-refractivity contribution is 5.90. The van der Waals surface area contributed by atoms with Crippen molar-refractivity contribution in [2.24, 2.45) is 0 Å². The average Bonchev–Trinajstić information content (AvgIpc) is 3.30. The third-order valence-electron chi connectivity index (χ3n) is 5.56. The normalized spacial score (nSPS) is 13.5. The molecule has 2 aromatic heterocycles. The van der Waals surface area contributed by atoms with Gasteiger partial charge in [-0.3, -0.25) is 10.1 Å². The number of nitrogens with zero attached hydrogens (tertiary/aromatic N) is 5. The molecule has 4 rings (SSSR count). The lowest BCUT2D eigenvalue weighted by Gasteiger charge is -2.29. The Labute approximate surface area is 202 Å². The molecular weight excluding hydrogens is 452 g/mol. The van der Waals surface area contributed by atoms with Crippen molar-refractivity contribution in [2.75, 3.05) is 49.7 Å². The van der Waals surface area contributed by atoms with E-state index in [4.69, 9.17) is 9.47 Å². The van der Waals surface area contributed by atoms with E-state index in [2.05, 4.69) is 15.4 Å². The molecule has 3 aromatic rings. The first-order valence-corrected chi connectivity index (χ1v) is 11.5. The summed E-state index contributed by atoms with van der Waals surface area (Å²) in [6.07, 6.45) is 0. The minimum Gasteiger partial charge on any atom is -0.461 e. The summed E-state index contributed by atoms with van der Waals surface area (Å²) in [5.74, 6) is -0.175. The molecule has 0 aliphatic carbocycles. The van der Waals surface area contributed by atoms with Crippen LogP contribution in [0.4, 0.5) is 17.2 Å². The maximum absolute atomic E-state index is 12.9. The molecule has 0 radical (unpaired) electrons. The smallest absolute Gasteiger partial charge is 0.357 e. The van der Waals surface area contributed by atoms with E-state index in [1.165, 1.54) is 4.68 Å². The van der Waals surface area contributed by atoms with Crippen molar-refractivity contribution >= 4 is 23.2 Å². The number of pyridine rings is 1. The number of nitrogens with one attached hydrogen (secondary N) is 1. The van der Waals surface area contributed by atoms with E-state index in [9.17, 15) is 14.9 Å². The number of esters is 1. The molecule has 1 saturated heterocycles. The summed E-state index contributed by atoms with van der Waals surface area (Å²) in [6.45, 7) is 8.06. The monoisotopic (exact) mass is 480 g/mol. The fourth-order valence-electron chi connectivity index (χ4n) is 3.99. The van der Waals surface area contributed by atoms with Crippen molar-refractivity contribution in [1.82, 2.24) is 14.8 Å². The minimum absolute atomic E-state index is 0.110. The third-order valence-corrected chi connectivity index (χ3v) is 5.56. The number of hydrogen-bond donors (Lipinski definition) is 1. The first-order valence-electron chi connectivity index (χ1n) is 11.5. The quantitative estimate of drug-likeness (QED) is 0.292. The van der Waals surface area contributed by atoms with E-state index in [1.54, 1.807) is 19.1 Å². The zero-order valence-corrected chi connectivity index (χ0v) is 20.0. The molecule has 184 valence electrons. The topological polar surface area (TPSA) is 125 Å². The lowest BCUT2D eigenvalue weighted by atomic mass is 10.1. The Bertz CT molecular complexity index is 1240. The van der Waals surface area contributed by atoms with Crippen LogP contribution in [0.25, 0.3) is 17.1 Å². The van der Waals surface area contributed by atoms with Gasteiger partial charge in [-0.05, 0) is 32.9 Å². The van der Waals surface area contributed by atoms with Gasteiger partial charge < -0.3 is 19.7 Å². The Kier molecular flexibility index (Phi) is 7.25. The number of rotatable bonds is 8. The molecule has 0 saturated carbocycles. The largest absolute Gasteiger partial charge is 0.461 e. The van der Waals surface area contributed by atoms with E-state index in [0.29, 0.717) is 44.2 Å². The number of morpholine rings is 1. The molecule has 11 nitrogen and oxygen atoms in total. The number of aryl methyl sites for hydroxylation is 1. The Hall–Kier alpha value is -3.99. The first-order chi connectivity index (χ1) is 16.9. The number of carbonyl (C=O) groups excluding carboxylic acids is 1. The highest BCUT2D eigenvalue weighted by Gasteiger charge is 2.30. The second-order valence-electron chi connectivity index (χ2n) is 8.00. The predicted octanol–water partition coefficient (Wildman–Crippen LogP) is 3.60. The highest BCUT2D eigenvalue weighted by atomic mass is 16.6. The maximum Gasteiger partial charge on any atom is 0.357 e. The van der Waals surface area contributed by atoms with Crippen molar-refractivity contribution < 1.29 is 19.2 Å². The molecule has 1 N–H and O–H groups in total. The van der Waals surface area contributed by atoms with Crippen LogP contribution in [-0.4, -0.2) is 65.1 Å². The van der Waals surface area contributed by atoms with Crippen molar-refractivity contribution in [3.05, 3.63) is 57.8 Å². The molecule has 11 heteroatoms. The van der Waals surface area contributed by atoms with E-state index in [0.717, 1.165) is 11.1 Å². The second kappa shape index (κ2) is 10.5. The van der Waals surface area contributed by atoms with Crippen LogP contribution in [0.3, 0.4) is 0 Å². The molecule has 0 unspecified atom stereocenters. The van der Waals surface area contributed by atoms with Crippen LogP contribution in [0, 0.1) is 17.0 Å². The first kappa shape index (κ1) is 24.1. The molecule has 1 aromatic carbocycles. The van der Waals surface area contributed by atoms with Gasteiger partial charge in [0.1, 0.15) is 5.69 Å². The summed E-state index contributed by atoms with van der Waals surface area (Å²) in [6, 6.07) is 11.0. The van der Waals surface area contributed by atoms with Gasteiger partial charge in [-0.15, -0.1) is 0 Å². The lowest BCUT2D eigenvalue weighted by molar-refractivity contribution is -0.383. The summed E-state index contributed by atoms with van der Waals surface area (Å²) in [5.41, 5.74) is 2.89. The fraction of sp³-hybridized carbons (Fsp3) is 0.375. The summed E-state index contributed by atoms with van der Waals surface area (Å²) < 4.78 is 12.1. The molecule has 35 heavy (non-hydrogen) atoms. The highest BCUT2D eigenvalue weighted by Crippen LogP contribution is 2.37. The SMILES string of the molecule is CCNc1nc(-n2nc(-c3cccc(C)c3)cc2C(=O)OCC)cc(N2CCOCC2)c1[N+](=O)[O-]. The van der Waals surface area contributed by atoms with Crippen LogP contribution in [-0.2, 0) is 9.47 Å². The molecule has 0 bridgehead atoms. The van der Waals surface area contributed by atoms with Crippen molar-refractivity contribution in [3.8, 4) is 17.1 Å². The van der Waals surface area contributed by atoms with Gasteiger partial charge in [0.05, 0.1) is 30.4 Å². The predicted molar refractivity (Wildman–Crippen MR) is 131 cm³/mol. The van der Waals surface area contributed by atoms with Crippen molar-refractivity contribution in [2.45, 2.75) is 20.8 Å². The number of hydrogen-bond acceptors (Lipinski definition) is 9. The van der Waals surface area contributed by atoms with Gasteiger partial charge in [-0.25, -0.2) is 14.5 Å². The summed E-state index contributed by atoms with van der Waals surface area (Å²) >= 11 is 0. The van der Waals surface area contributed by atoms with Gasteiger partial charge in [0.2, 0.25) is 5.82 Å². The van der Waals surface area contributed by atoms with Gasteiger partial charge in [-0.1, -0.05) is 23.8 Å². The van der Waals surface area contributed by atoms with Crippen molar-refractivity contribution in [1.29, 1.82) is 0 Å². The van der Waals surface area contributed by atoms with Gasteiger partial charge >= 0.3 is 11.7 Å². The van der Waals surface area contributed by atoms with Crippen LogP contribution in [0.15, 0.2) is 36.4 Å². The molecule has 0 atom stereocenters. The van der Waals surface area contributed by atoms with Crippen LogP contribution < -0.4 is 10.2 Å². The number of anilines is 2. The van der Waals surface area contributed by atoms with E-state index in [1.807, 2.05) is 43.0 Å². The number of aromatic nitrogens is 3. The molecule has 0 amide bonds.